The maximum Gasteiger partial charge on any atom is 0.234 e. The Morgan fingerprint density at radius 3 is 2.71 bits per heavy atom. The van der Waals surface area contributed by atoms with E-state index in [1.54, 1.807) is 11.8 Å². The van der Waals surface area contributed by atoms with Crippen LogP contribution in [0.1, 0.15) is 48.1 Å². The van der Waals surface area contributed by atoms with Crippen LogP contribution in [0.2, 0.25) is 0 Å². The van der Waals surface area contributed by atoms with Gasteiger partial charge in [0, 0.05) is 4.90 Å². The molecule has 0 unspecified atom stereocenters. The molecular formula is C21H23NOS. The number of benzene rings is 2. The number of hydrogen-bond donors (Lipinski definition) is 1. The summed E-state index contributed by atoms with van der Waals surface area (Å²) in [4.78, 5) is 13.9. The van der Waals surface area contributed by atoms with Crippen LogP contribution in [0.25, 0.3) is 0 Å². The van der Waals surface area contributed by atoms with E-state index in [1.807, 2.05) is 6.07 Å². The Labute approximate surface area is 148 Å². The highest BCUT2D eigenvalue weighted by Crippen LogP contribution is 2.37. The van der Waals surface area contributed by atoms with E-state index in [9.17, 15) is 4.79 Å². The van der Waals surface area contributed by atoms with Gasteiger partial charge in [-0.05, 0) is 67.3 Å². The Morgan fingerprint density at radius 1 is 1.08 bits per heavy atom. The van der Waals surface area contributed by atoms with E-state index in [1.165, 1.54) is 52.8 Å². The number of nitrogens with one attached hydrogen (secondary N) is 1. The lowest BCUT2D eigenvalue weighted by atomic mass is 9.89. The number of hydrogen-bond acceptors (Lipinski definition) is 2. The molecule has 124 valence electrons. The molecule has 2 aromatic rings. The summed E-state index contributed by atoms with van der Waals surface area (Å²) in [6.45, 7) is 2.09. The number of rotatable bonds is 3. The van der Waals surface area contributed by atoms with Crippen LogP contribution >= 0.6 is 11.8 Å². The van der Waals surface area contributed by atoms with Crippen LogP contribution in [-0.4, -0.2) is 11.2 Å². The van der Waals surface area contributed by atoms with Crippen LogP contribution in [0.15, 0.2) is 47.4 Å². The van der Waals surface area contributed by atoms with Crippen molar-refractivity contribution < 1.29 is 4.79 Å². The maximum atomic E-state index is 12.7. The molecule has 1 aliphatic heterocycles. The van der Waals surface area contributed by atoms with E-state index in [4.69, 9.17) is 0 Å². The second-order valence-corrected chi connectivity index (χ2v) is 8.13. The number of amides is 1. The van der Waals surface area contributed by atoms with Gasteiger partial charge in [0.2, 0.25) is 5.91 Å². The van der Waals surface area contributed by atoms with Gasteiger partial charge in [-0.2, -0.15) is 0 Å². The molecule has 1 N–H and O–H groups in total. The molecule has 24 heavy (non-hydrogen) atoms. The highest BCUT2D eigenvalue weighted by Gasteiger charge is 2.28. The second kappa shape index (κ2) is 6.64. The number of carbonyl (C=O) groups excluding carboxylic acids is 1. The van der Waals surface area contributed by atoms with Crippen molar-refractivity contribution in [3.63, 3.8) is 0 Å². The zero-order valence-corrected chi connectivity index (χ0v) is 14.9. The summed E-state index contributed by atoms with van der Waals surface area (Å²) < 4.78 is 0. The summed E-state index contributed by atoms with van der Waals surface area (Å²) in [5.74, 6) is 0.154. The highest BCUT2D eigenvalue weighted by molar-refractivity contribution is 8.01. The monoisotopic (exact) mass is 337 g/mol. The lowest BCUT2D eigenvalue weighted by Gasteiger charge is -2.21. The van der Waals surface area contributed by atoms with Gasteiger partial charge in [-0.1, -0.05) is 36.4 Å². The fourth-order valence-corrected chi connectivity index (χ4v) is 4.95. The molecule has 1 heterocycles. The van der Waals surface area contributed by atoms with Crippen LogP contribution < -0.4 is 5.32 Å². The fraction of sp³-hybridized carbons (Fsp3) is 0.381. The van der Waals surface area contributed by atoms with Crippen molar-refractivity contribution in [1.82, 2.24) is 5.32 Å². The average molecular weight is 337 g/mol. The van der Waals surface area contributed by atoms with Gasteiger partial charge >= 0.3 is 0 Å². The average Bonchev–Trinajstić information content (AvgIpc) is 3.05. The molecule has 4 rings (SSSR count). The summed E-state index contributed by atoms with van der Waals surface area (Å²) in [5.41, 5.74) is 5.49. The fourth-order valence-electron chi connectivity index (χ4n) is 3.74. The van der Waals surface area contributed by atoms with E-state index in [2.05, 4.69) is 48.6 Å². The predicted molar refractivity (Wildman–Crippen MR) is 99.4 cm³/mol. The third-order valence-electron chi connectivity index (χ3n) is 5.17. The molecule has 0 radical (unpaired) electrons. The van der Waals surface area contributed by atoms with Gasteiger partial charge in [0.15, 0.2) is 0 Å². The Hall–Kier alpha value is -1.74. The molecule has 0 saturated heterocycles. The number of fused-ring (bicyclic) bond motifs is 2. The number of thioether (sulfide) groups is 1. The van der Waals surface area contributed by atoms with Crippen LogP contribution in [-0.2, 0) is 24.1 Å². The van der Waals surface area contributed by atoms with Gasteiger partial charge in [0.1, 0.15) is 0 Å². The van der Waals surface area contributed by atoms with E-state index >= 15 is 0 Å². The third-order valence-corrected chi connectivity index (χ3v) is 6.49. The molecule has 0 aromatic heterocycles. The summed E-state index contributed by atoms with van der Waals surface area (Å²) in [6, 6.07) is 15.1. The Bertz CT molecular complexity index is 745. The first-order valence-corrected chi connectivity index (χ1v) is 9.75. The summed E-state index contributed by atoms with van der Waals surface area (Å²) >= 11 is 1.69. The summed E-state index contributed by atoms with van der Waals surface area (Å²) in [5, 5.41) is 3.22. The summed E-state index contributed by atoms with van der Waals surface area (Å²) in [7, 11) is 0. The Kier molecular flexibility index (Phi) is 4.36. The van der Waals surface area contributed by atoms with Crippen LogP contribution in [0, 0.1) is 0 Å². The van der Waals surface area contributed by atoms with Gasteiger partial charge in [-0.25, -0.2) is 0 Å². The van der Waals surface area contributed by atoms with E-state index in [0.29, 0.717) is 0 Å². The van der Waals surface area contributed by atoms with Crippen LogP contribution in [0.5, 0.6) is 0 Å². The number of carbonyl (C=O) groups is 1. The largest absolute Gasteiger partial charge is 0.349 e. The van der Waals surface area contributed by atoms with Crippen molar-refractivity contribution >= 4 is 17.7 Å². The molecule has 0 saturated carbocycles. The topological polar surface area (TPSA) is 29.1 Å². The Morgan fingerprint density at radius 2 is 1.88 bits per heavy atom. The van der Waals surface area contributed by atoms with Crippen LogP contribution in [0.4, 0.5) is 0 Å². The van der Waals surface area contributed by atoms with Gasteiger partial charge < -0.3 is 5.32 Å². The molecule has 2 aromatic carbocycles. The SMILES string of the molecule is C[C@H](NC(=O)[C@H]1Cc2ccccc2S1)c1ccc2c(c1)CCCC2. The smallest absolute Gasteiger partial charge is 0.234 e. The van der Waals surface area contributed by atoms with Crippen molar-refractivity contribution in [2.75, 3.05) is 0 Å². The molecular weight excluding hydrogens is 314 g/mol. The molecule has 0 fully saturated rings. The standard InChI is InChI=1S/C21H23NOS/c1-14(16-11-10-15-6-2-3-7-17(15)12-16)22-21(23)20-13-18-8-4-5-9-19(18)24-20/h4-5,8-12,14,20H,2-3,6-7,13H2,1H3,(H,22,23)/t14-,20+/m0/s1. The zero-order chi connectivity index (χ0) is 16.5. The van der Waals surface area contributed by atoms with Crippen molar-refractivity contribution in [3.05, 3.63) is 64.7 Å². The second-order valence-electron chi connectivity index (χ2n) is 6.88. The van der Waals surface area contributed by atoms with E-state index in [-0.39, 0.29) is 17.2 Å². The Balaban J connectivity index is 1.43. The highest BCUT2D eigenvalue weighted by atomic mass is 32.2. The molecule has 0 bridgehead atoms. The molecule has 1 aliphatic carbocycles. The summed E-state index contributed by atoms with van der Waals surface area (Å²) in [6.07, 6.45) is 5.81. The van der Waals surface area contributed by atoms with Gasteiger partial charge in [0.25, 0.3) is 0 Å². The molecule has 2 atom stereocenters. The third kappa shape index (κ3) is 3.10. The van der Waals surface area contributed by atoms with E-state index in [0.717, 1.165) is 6.42 Å². The van der Waals surface area contributed by atoms with E-state index < -0.39 is 0 Å². The lowest BCUT2D eigenvalue weighted by molar-refractivity contribution is -0.121. The first-order valence-electron chi connectivity index (χ1n) is 8.87. The van der Waals surface area contributed by atoms with Gasteiger partial charge in [-0.3, -0.25) is 4.79 Å². The zero-order valence-electron chi connectivity index (χ0n) is 14.0. The number of aryl methyl sites for hydroxylation is 2. The predicted octanol–water partition coefficient (Wildman–Crippen LogP) is 4.46. The maximum absolute atomic E-state index is 12.7. The first-order chi connectivity index (χ1) is 11.7. The lowest BCUT2D eigenvalue weighted by Crippen LogP contribution is -2.34. The normalized spacial score (nSPS) is 20.1. The van der Waals surface area contributed by atoms with Crippen molar-refractivity contribution in [1.29, 1.82) is 0 Å². The molecule has 2 aliphatic rings. The molecule has 2 nitrogen and oxygen atoms in total. The van der Waals surface area contributed by atoms with Gasteiger partial charge in [0.05, 0.1) is 11.3 Å². The van der Waals surface area contributed by atoms with Gasteiger partial charge in [-0.15, -0.1) is 11.8 Å². The van der Waals surface area contributed by atoms with Crippen molar-refractivity contribution in [2.45, 2.75) is 55.2 Å². The quantitative estimate of drug-likeness (QED) is 0.896. The molecule has 1 amide bonds. The molecule has 3 heteroatoms. The minimum atomic E-state index is 0.00229. The first kappa shape index (κ1) is 15.8. The minimum absolute atomic E-state index is 0.00229. The van der Waals surface area contributed by atoms with Crippen LogP contribution in [0.3, 0.4) is 0 Å². The molecule has 0 spiro atoms. The van der Waals surface area contributed by atoms with Crippen molar-refractivity contribution in [3.8, 4) is 0 Å². The van der Waals surface area contributed by atoms with Crippen molar-refractivity contribution in [2.24, 2.45) is 0 Å². The minimum Gasteiger partial charge on any atom is -0.349 e.